The van der Waals surface area contributed by atoms with Gasteiger partial charge < -0.3 is 10.0 Å². The Morgan fingerprint density at radius 2 is 2.08 bits per heavy atom. The Morgan fingerprint density at radius 1 is 1.28 bits per heavy atom. The van der Waals surface area contributed by atoms with Crippen LogP contribution in [0.4, 0.5) is 5.69 Å². The number of fused-ring (bicyclic) bond motifs is 1. The molecule has 0 spiro atoms. The molecule has 0 radical (unpaired) electrons. The van der Waals surface area contributed by atoms with E-state index in [2.05, 4.69) is 4.98 Å². The molecule has 5 nitrogen and oxygen atoms in total. The first-order valence-corrected chi connectivity index (χ1v) is 8.84. The Morgan fingerprint density at radius 3 is 2.76 bits per heavy atom. The highest BCUT2D eigenvalue weighted by Crippen LogP contribution is 2.34. The van der Waals surface area contributed by atoms with E-state index in [0.717, 1.165) is 32.0 Å². The molecule has 25 heavy (non-hydrogen) atoms. The van der Waals surface area contributed by atoms with Crippen molar-refractivity contribution in [1.82, 2.24) is 4.98 Å². The Bertz CT molecular complexity index is 962. The quantitative estimate of drug-likeness (QED) is 0.780. The maximum absolute atomic E-state index is 12.2. The summed E-state index contributed by atoms with van der Waals surface area (Å²) in [4.78, 5) is 29.6. The molecule has 6 heteroatoms. The fourth-order valence-electron chi connectivity index (χ4n) is 3.19. The number of aliphatic carboxylic acids is 1. The number of aryl methyl sites for hydroxylation is 1. The molecule has 4 rings (SSSR count). The minimum atomic E-state index is -0.917. The van der Waals surface area contributed by atoms with E-state index in [4.69, 9.17) is 5.11 Å². The van der Waals surface area contributed by atoms with E-state index in [-0.39, 0.29) is 18.9 Å². The Kier molecular flexibility index (Phi) is 3.77. The van der Waals surface area contributed by atoms with Gasteiger partial charge in [0.1, 0.15) is 5.01 Å². The Balaban J connectivity index is 1.67. The molecular weight excluding hydrogens is 336 g/mol. The van der Waals surface area contributed by atoms with E-state index in [1.54, 1.807) is 16.2 Å². The predicted octanol–water partition coefficient (Wildman–Crippen LogP) is 3.71. The number of carboxylic acid groups (broad SMARTS) is 1. The standard InChI is InChI=1S/C19H16N2O3S/c1-11-8-12(18-20-14-4-2-3-5-16(14)25-18)6-7-15(11)21-10-13(19(23)24)9-17(21)22/h2-8,13H,9-10H2,1H3,(H,23,24)/t13-/m1/s1. The minimum Gasteiger partial charge on any atom is -0.481 e. The average Bonchev–Trinajstić information content (AvgIpc) is 3.18. The summed E-state index contributed by atoms with van der Waals surface area (Å²) in [5.74, 6) is -1.68. The molecule has 1 amide bonds. The van der Waals surface area contributed by atoms with Gasteiger partial charge in [-0.1, -0.05) is 12.1 Å². The number of amides is 1. The zero-order chi connectivity index (χ0) is 17.6. The number of rotatable bonds is 3. The van der Waals surface area contributed by atoms with Crippen LogP contribution in [0, 0.1) is 12.8 Å². The van der Waals surface area contributed by atoms with Crippen LogP contribution in [0.5, 0.6) is 0 Å². The van der Waals surface area contributed by atoms with Crippen molar-refractivity contribution in [2.24, 2.45) is 5.92 Å². The first-order valence-electron chi connectivity index (χ1n) is 8.02. The van der Waals surface area contributed by atoms with Gasteiger partial charge in [0.2, 0.25) is 5.91 Å². The van der Waals surface area contributed by atoms with Gasteiger partial charge in [0, 0.05) is 24.2 Å². The van der Waals surface area contributed by atoms with Crippen LogP contribution in [0.25, 0.3) is 20.8 Å². The van der Waals surface area contributed by atoms with Gasteiger partial charge in [-0.3, -0.25) is 9.59 Å². The van der Waals surface area contributed by atoms with E-state index in [1.807, 2.05) is 49.4 Å². The maximum Gasteiger partial charge on any atom is 0.308 e. The van der Waals surface area contributed by atoms with Gasteiger partial charge in [0.25, 0.3) is 0 Å². The second-order valence-electron chi connectivity index (χ2n) is 6.23. The highest BCUT2D eigenvalue weighted by molar-refractivity contribution is 7.21. The van der Waals surface area contributed by atoms with Crippen LogP contribution in [0.3, 0.4) is 0 Å². The number of carboxylic acids is 1. The summed E-state index contributed by atoms with van der Waals surface area (Å²) in [6, 6.07) is 13.8. The van der Waals surface area contributed by atoms with E-state index in [9.17, 15) is 9.59 Å². The van der Waals surface area contributed by atoms with Crippen LogP contribution in [-0.4, -0.2) is 28.5 Å². The van der Waals surface area contributed by atoms with Gasteiger partial charge in [-0.15, -0.1) is 11.3 Å². The number of nitrogens with zero attached hydrogens (tertiary/aromatic N) is 2. The molecule has 1 aromatic heterocycles. The van der Waals surface area contributed by atoms with Crippen LogP contribution < -0.4 is 4.90 Å². The number of benzene rings is 2. The maximum atomic E-state index is 12.2. The highest BCUT2D eigenvalue weighted by atomic mass is 32.1. The first-order chi connectivity index (χ1) is 12.0. The van der Waals surface area contributed by atoms with Crippen molar-refractivity contribution in [1.29, 1.82) is 0 Å². The van der Waals surface area contributed by atoms with Gasteiger partial charge in [0.05, 0.1) is 16.1 Å². The summed E-state index contributed by atoms with van der Waals surface area (Å²) in [5.41, 5.74) is 3.70. The normalized spacial score (nSPS) is 17.4. The lowest BCUT2D eigenvalue weighted by atomic mass is 10.1. The monoisotopic (exact) mass is 352 g/mol. The van der Waals surface area contributed by atoms with Gasteiger partial charge in [0.15, 0.2) is 0 Å². The smallest absolute Gasteiger partial charge is 0.308 e. The number of aromatic nitrogens is 1. The molecule has 1 N–H and O–H groups in total. The lowest BCUT2D eigenvalue weighted by Gasteiger charge is -2.19. The molecule has 1 atom stereocenters. The topological polar surface area (TPSA) is 70.5 Å². The fraction of sp³-hybridized carbons (Fsp3) is 0.211. The van der Waals surface area contributed by atoms with Crippen molar-refractivity contribution in [3.8, 4) is 10.6 Å². The summed E-state index contributed by atoms with van der Waals surface area (Å²) in [6.45, 7) is 2.17. The molecule has 1 fully saturated rings. The van der Waals surface area contributed by atoms with Crippen molar-refractivity contribution < 1.29 is 14.7 Å². The third-order valence-electron chi connectivity index (χ3n) is 4.50. The van der Waals surface area contributed by atoms with E-state index < -0.39 is 11.9 Å². The molecule has 126 valence electrons. The first kappa shape index (κ1) is 15.8. The van der Waals surface area contributed by atoms with Crippen LogP contribution in [0.1, 0.15) is 12.0 Å². The van der Waals surface area contributed by atoms with Crippen molar-refractivity contribution in [3.63, 3.8) is 0 Å². The van der Waals surface area contributed by atoms with Crippen LogP contribution >= 0.6 is 11.3 Å². The van der Waals surface area contributed by atoms with Gasteiger partial charge in [-0.05, 0) is 42.8 Å². The van der Waals surface area contributed by atoms with E-state index in [1.165, 1.54) is 0 Å². The average molecular weight is 352 g/mol. The predicted molar refractivity (Wildman–Crippen MR) is 97.9 cm³/mol. The number of hydrogen-bond acceptors (Lipinski definition) is 4. The van der Waals surface area contributed by atoms with Gasteiger partial charge >= 0.3 is 5.97 Å². The third-order valence-corrected chi connectivity index (χ3v) is 5.59. The lowest BCUT2D eigenvalue weighted by Crippen LogP contribution is -2.26. The number of thiazole rings is 1. The molecular formula is C19H16N2O3S. The summed E-state index contributed by atoms with van der Waals surface area (Å²) >= 11 is 1.63. The summed E-state index contributed by atoms with van der Waals surface area (Å²) in [5, 5.41) is 10.1. The number of para-hydroxylation sites is 1. The molecule has 3 aromatic rings. The SMILES string of the molecule is Cc1cc(-c2nc3ccccc3s2)ccc1N1C[C@H](C(=O)O)CC1=O. The molecule has 1 aliphatic heterocycles. The summed E-state index contributed by atoms with van der Waals surface area (Å²) < 4.78 is 1.14. The van der Waals surface area contributed by atoms with Crippen molar-refractivity contribution in [2.45, 2.75) is 13.3 Å². The molecule has 0 saturated carbocycles. The largest absolute Gasteiger partial charge is 0.481 e. The zero-order valence-electron chi connectivity index (χ0n) is 13.6. The second-order valence-corrected chi connectivity index (χ2v) is 7.26. The Labute approximate surface area is 148 Å². The molecule has 0 aliphatic carbocycles. The van der Waals surface area contributed by atoms with Gasteiger partial charge in [-0.25, -0.2) is 4.98 Å². The molecule has 2 heterocycles. The highest BCUT2D eigenvalue weighted by Gasteiger charge is 2.35. The van der Waals surface area contributed by atoms with E-state index in [0.29, 0.717) is 0 Å². The third kappa shape index (κ3) is 2.78. The number of hydrogen-bond donors (Lipinski definition) is 1. The second kappa shape index (κ2) is 5.97. The van der Waals surface area contributed by atoms with Crippen LogP contribution in [0.15, 0.2) is 42.5 Å². The van der Waals surface area contributed by atoms with Gasteiger partial charge in [-0.2, -0.15) is 0 Å². The van der Waals surface area contributed by atoms with Crippen LogP contribution in [0.2, 0.25) is 0 Å². The van der Waals surface area contributed by atoms with Crippen molar-refractivity contribution in [3.05, 3.63) is 48.0 Å². The van der Waals surface area contributed by atoms with E-state index >= 15 is 0 Å². The molecule has 2 aromatic carbocycles. The number of carbonyl (C=O) groups is 2. The fourth-order valence-corrected chi connectivity index (χ4v) is 4.15. The van der Waals surface area contributed by atoms with Crippen LogP contribution in [-0.2, 0) is 9.59 Å². The molecule has 0 unspecified atom stereocenters. The number of carbonyl (C=O) groups excluding carboxylic acids is 1. The zero-order valence-corrected chi connectivity index (χ0v) is 14.4. The van der Waals surface area contributed by atoms with Crippen molar-refractivity contribution >= 4 is 39.1 Å². The number of anilines is 1. The molecule has 1 saturated heterocycles. The lowest BCUT2D eigenvalue weighted by molar-refractivity contribution is -0.141. The Hall–Kier alpha value is -2.73. The van der Waals surface area contributed by atoms with Crippen molar-refractivity contribution in [2.75, 3.05) is 11.4 Å². The molecule has 1 aliphatic rings. The molecule has 0 bridgehead atoms. The minimum absolute atomic E-state index is 0.0639. The summed E-state index contributed by atoms with van der Waals surface area (Å²) in [7, 11) is 0. The summed E-state index contributed by atoms with van der Waals surface area (Å²) in [6.07, 6.45) is 0.0639.